The monoisotopic (exact) mass is 234 g/mol. The van der Waals surface area contributed by atoms with E-state index in [2.05, 4.69) is 13.0 Å². The Morgan fingerprint density at radius 1 is 1.47 bits per heavy atom. The molecule has 3 nitrogen and oxygen atoms in total. The van der Waals surface area contributed by atoms with Gasteiger partial charge in [-0.15, -0.1) is 0 Å². The van der Waals surface area contributed by atoms with Crippen molar-refractivity contribution in [2.45, 2.75) is 32.6 Å². The number of ether oxygens (including phenoxy) is 1. The van der Waals surface area contributed by atoms with Gasteiger partial charge in [-0.2, -0.15) is 0 Å². The zero-order chi connectivity index (χ0) is 12.5. The number of rotatable bonds is 5. The highest BCUT2D eigenvalue weighted by atomic mass is 16.5. The Labute approximate surface area is 101 Å². The number of hydrogen-bond acceptors (Lipinski definition) is 2. The predicted octanol–water partition coefficient (Wildman–Crippen LogP) is 2.66. The molecule has 3 heteroatoms. The first-order valence-electron chi connectivity index (χ1n) is 6.00. The first kappa shape index (κ1) is 12.0. The number of carbonyl (C=O) groups is 1. The van der Waals surface area contributed by atoms with Gasteiger partial charge in [-0.3, -0.25) is 4.79 Å². The number of hydrogen-bond donors (Lipinski definition) is 1. The Morgan fingerprint density at radius 2 is 2.18 bits per heavy atom. The second kappa shape index (κ2) is 4.40. The molecular weight excluding hydrogens is 216 g/mol. The lowest BCUT2D eigenvalue weighted by molar-refractivity contribution is -0.143. The number of aliphatic carboxylic acids is 1. The molecule has 1 aliphatic rings. The van der Waals surface area contributed by atoms with Gasteiger partial charge in [0.15, 0.2) is 0 Å². The maximum atomic E-state index is 11.1. The van der Waals surface area contributed by atoms with Crippen molar-refractivity contribution in [3.05, 3.63) is 29.3 Å². The van der Waals surface area contributed by atoms with Crippen LogP contribution in [0.2, 0.25) is 0 Å². The van der Waals surface area contributed by atoms with Gasteiger partial charge >= 0.3 is 5.97 Å². The Balaban J connectivity index is 2.20. The molecule has 1 saturated carbocycles. The first-order chi connectivity index (χ1) is 8.11. The molecule has 0 unspecified atom stereocenters. The molecule has 1 aliphatic carbocycles. The van der Waals surface area contributed by atoms with Gasteiger partial charge in [0, 0.05) is 0 Å². The summed E-state index contributed by atoms with van der Waals surface area (Å²) in [4.78, 5) is 11.1. The van der Waals surface area contributed by atoms with Crippen LogP contribution in [-0.4, -0.2) is 18.2 Å². The van der Waals surface area contributed by atoms with E-state index in [9.17, 15) is 4.79 Å². The fraction of sp³-hybridized carbons (Fsp3) is 0.500. The Hall–Kier alpha value is -1.51. The van der Waals surface area contributed by atoms with Crippen LogP contribution in [0.25, 0.3) is 0 Å². The minimum Gasteiger partial charge on any atom is -0.496 e. The standard InChI is InChI=1S/C14H18O3/c1-3-11-8-10(4-5-12(11)17-2)9-14(6-7-14)13(15)16/h4-5,8H,3,6-7,9H2,1-2H3,(H,15,16). The van der Waals surface area contributed by atoms with Crippen LogP contribution in [0, 0.1) is 5.41 Å². The van der Waals surface area contributed by atoms with Crippen LogP contribution in [0.4, 0.5) is 0 Å². The van der Waals surface area contributed by atoms with Gasteiger partial charge in [-0.1, -0.05) is 19.1 Å². The van der Waals surface area contributed by atoms with E-state index in [1.54, 1.807) is 7.11 Å². The number of carboxylic acids is 1. The highest BCUT2D eigenvalue weighted by Gasteiger charge is 2.49. The predicted molar refractivity (Wildman–Crippen MR) is 65.4 cm³/mol. The van der Waals surface area contributed by atoms with Crippen molar-refractivity contribution in [1.82, 2.24) is 0 Å². The summed E-state index contributed by atoms with van der Waals surface area (Å²) in [5.41, 5.74) is 1.76. The molecule has 0 bridgehead atoms. The molecule has 0 aliphatic heterocycles. The maximum Gasteiger partial charge on any atom is 0.309 e. The number of benzene rings is 1. The highest BCUT2D eigenvalue weighted by Crippen LogP contribution is 2.48. The Kier molecular flexibility index (Phi) is 3.09. The van der Waals surface area contributed by atoms with Gasteiger partial charge in [-0.25, -0.2) is 0 Å². The van der Waals surface area contributed by atoms with E-state index in [0.29, 0.717) is 6.42 Å². The Bertz CT molecular complexity index is 433. The van der Waals surface area contributed by atoms with E-state index in [4.69, 9.17) is 9.84 Å². The molecule has 0 atom stereocenters. The molecule has 2 rings (SSSR count). The van der Waals surface area contributed by atoms with Gasteiger partial charge in [0.2, 0.25) is 0 Å². The zero-order valence-electron chi connectivity index (χ0n) is 10.3. The summed E-state index contributed by atoms with van der Waals surface area (Å²) in [7, 11) is 1.66. The normalized spacial score (nSPS) is 16.6. The van der Waals surface area contributed by atoms with Crippen molar-refractivity contribution < 1.29 is 14.6 Å². The van der Waals surface area contributed by atoms with Crippen molar-refractivity contribution >= 4 is 5.97 Å². The van der Waals surface area contributed by atoms with E-state index in [1.807, 2.05) is 12.1 Å². The van der Waals surface area contributed by atoms with Crippen LogP contribution in [0.1, 0.15) is 30.9 Å². The van der Waals surface area contributed by atoms with Crippen LogP contribution >= 0.6 is 0 Å². The topological polar surface area (TPSA) is 46.5 Å². The third-order valence-corrected chi connectivity index (χ3v) is 3.58. The number of aryl methyl sites for hydroxylation is 1. The van der Waals surface area contributed by atoms with Gasteiger partial charge in [0.25, 0.3) is 0 Å². The molecule has 92 valence electrons. The molecular formula is C14H18O3. The van der Waals surface area contributed by atoms with E-state index >= 15 is 0 Å². The van der Waals surface area contributed by atoms with Crippen molar-refractivity contribution in [1.29, 1.82) is 0 Å². The van der Waals surface area contributed by atoms with Crippen molar-refractivity contribution in [2.24, 2.45) is 5.41 Å². The zero-order valence-corrected chi connectivity index (χ0v) is 10.3. The molecule has 1 aromatic carbocycles. The van der Waals surface area contributed by atoms with Crippen molar-refractivity contribution in [2.75, 3.05) is 7.11 Å². The molecule has 17 heavy (non-hydrogen) atoms. The SMILES string of the molecule is CCc1cc(CC2(C(=O)O)CC2)ccc1OC. The van der Waals surface area contributed by atoms with Crippen LogP contribution in [-0.2, 0) is 17.6 Å². The van der Waals surface area contributed by atoms with Gasteiger partial charge < -0.3 is 9.84 Å². The molecule has 1 N–H and O–H groups in total. The lowest BCUT2D eigenvalue weighted by Crippen LogP contribution is -2.17. The molecule has 1 aromatic rings. The average Bonchev–Trinajstić information content (AvgIpc) is 3.10. The van der Waals surface area contributed by atoms with Crippen molar-refractivity contribution in [3.63, 3.8) is 0 Å². The average molecular weight is 234 g/mol. The number of methoxy groups -OCH3 is 1. The fourth-order valence-corrected chi connectivity index (χ4v) is 2.23. The molecule has 1 fully saturated rings. The Morgan fingerprint density at radius 3 is 2.65 bits per heavy atom. The van der Waals surface area contributed by atoms with E-state index in [0.717, 1.165) is 36.1 Å². The third-order valence-electron chi connectivity index (χ3n) is 3.58. The smallest absolute Gasteiger partial charge is 0.309 e. The molecule has 0 spiro atoms. The lowest BCUT2D eigenvalue weighted by Gasteiger charge is -2.12. The third kappa shape index (κ3) is 2.28. The van der Waals surface area contributed by atoms with Crippen molar-refractivity contribution in [3.8, 4) is 5.75 Å². The van der Waals surface area contributed by atoms with E-state index in [-0.39, 0.29) is 0 Å². The molecule has 0 heterocycles. The van der Waals surface area contributed by atoms with Crippen LogP contribution in [0.5, 0.6) is 5.75 Å². The van der Waals surface area contributed by atoms with Crippen LogP contribution in [0.15, 0.2) is 18.2 Å². The van der Waals surface area contributed by atoms with Gasteiger partial charge in [0.1, 0.15) is 5.75 Å². The van der Waals surface area contributed by atoms with Crippen LogP contribution < -0.4 is 4.74 Å². The molecule has 0 saturated heterocycles. The summed E-state index contributed by atoms with van der Waals surface area (Å²) in [6.45, 7) is 2.08. The van der Waals surface area contributed by atoms with E-state index in [1.165, 1.54) is 0 Å². The highest BCUT2D eigenvalue weighted by molar-refractivity contribution is 5.78. The van der Waals surface area contributed by atoms with Crippen LogP contribution in [0.3, 0.4) is 0 Å². The summed E-state index contributed by atoms with van der Waals surface area (Å²) in [6.07, 6.45) is 3.14. The second-order valence-electron chi connectivity index (χ2n) is 4.76. The lowest BCUT2D eigenvalue weighted by atomic mass is 9.95. The van der Waals surface area contributed by atoms with E-state index < -0.39 is 11.4 Å². The summed E-state index contributed by atoms with van der Waals surface area (Å²) in [6, 6.07) is 5.98. The quantitative estimate of drug-likeness (QED) is 0.852. The molecule has 0 amide bonds. The summed E-state index contributed by atoms with van der Waals surface area (Å²) in [5.74, 6) is 0.225. The summed E-state index contributed by atoms with van der Waals surface area (Å²) >= 11 is 0. The molecule has 0 aromatic heterocycles. The fourth-order valence-electron chi connectivity index (χ4n) is 2.23. The summed E-state index contributed by atoms with van der Waals surface area (Å²) in [5, 5.41) is 9.17. The minimum absolute atomic E-state index is 0.487. The molecule has 0 radical (unpaired) electrons. The summed E-state index contributed by atoms with van der Waals surface area (Å²) < 4.78 is 5.27. The number of carboxylic acid groups (broad SMARTS) is 1. The second-order valence-corrected chi connectivity index (χ2v) is 4.76. The van der Waals surface area contributed by atoms with Gasteiger partial charge in [-0.05, 0) is 42.9 Å². The minimum atomic E-state index is -0.661. The largest absolute Gasteiger partial charge is 0.496 e. The first-order valence-corrected chi connectivity index (χ1v) is 6.00. The van der Waals surface area contributed by atoms with Gasteiger partial charge in [0.05, 0.1) is 12.5 Å². The maximum absolute atomic E-state index is 11.1.